The third kappa shape index (κ3) is 1.89. The third-order valence-corrected chi connectivity index (χ3v) is 1.48. The van der Waals surface area contributed by atoms with Gasteiger partial charge in [-0.15, -0.1) is 0 Å². The number of hydrogen-bond acceptors (Lipinski definition) is 1. The van der Waals surface area contributed by atoms with Crippen molar-refractivity contribution in [2.45, 2.75) is 6.10 Å². The topological polar surface area (TPSA) is 20.2 Å². The van der Waals surface area contributed by atoms with Crippen LogP contribution in [0.1, 0.15) is 11.7 Å². The monoisotopic (exact) mass is 170 g/mol. The minimum absolute atomic E-state index is 0.238. The van der Waals surface area contributed by atoms with Crippen LogP contribution in [0.25, 0.3) is 0 Å². The molecule has 0 aliphatic carbocycles. The molecule has 1 aromatic rings. The standard InChI is InChI=1S/C9H8F2O/c10-6-8(11)9(12)7-4-2-1-3-5-7/h1-6,9,12H/b8-6-/t9-/m1/s1. The van der Waals surface area contributed by atoms with Crippen molar-refractivity contribution in [3.63, 3.8) is 0 Å². The van der Waals surface area contributed by atoms with Gasteiger partial charge in [0.25, 0.3) is 0 Å². The third-order valence-electron chi connectivity index (χ3n) is 1.48. The van der Waals surface area contributed by atoms with E-state index in [9.17, 15) is 8.78 Å². The van der Waals surface area contributed by atoms with E-state index in [1.54, 1.807) is 18.2 Å². The molecule has 0 saturated carbocycles. The molecule has 1 rings (SSSR count). The molecule has 0 spiro atoms. The Hall–Kier alpha value is -1.22. The molecule has 1 aromatic carbocycles. The second kappa shape index (κ2) is 3.97. The van der Waals surface area contributed by atoms with Gasteiger partial charge in [0.2, 0.25) is 0 Å². The molecule has 1 nitrogen and oxygen atoms in total. The minimum atomic E-state index is -1.49. The van der Waals surface area contributed by atoms with Gasteiger partial charge in [-0.2, -0.15) is 0 Å². The lowest BCUT2D eigenvalue weighted by Crippen LogP contribution is -1.96. The van der Waals surface area contributed by atoms with E-state index in [-0.39, 0.29) is 6.33 Å². The van der Waals surface area contributed by atoms with Crippen molar-refractivity contribution >= 4 is 0 Å². The van der Waals surface area contributed by atoms with Gasteiger partial charge in [0, 0.05) is 0 Å². The van der Waals surface area contributed by atoms with Gasteiger partial charge in [-0.05, 0) is 5.56 Å². The van der Waals surface area contributed by atoms with Crippen molar-refractivity contribution in [2.24, 2.45) is 0 Å². The summed E-state index contributed by atoms with van der Waals surface area (Å²) in [5.74, 6) is -1.18. The minimum Gasteiger partial charge on any atom is -0.381 e. The van der Waals surface area contributed by atoms with E-state index in [1.807, 2.05) is 0 Å². The predicted octanol–water partition coefficient (Wildman–Crippen LogP) is 2.50. The predicted molar refractivity (Wildman–Crippen MR) is 41.7 cm³/mol. The van der Waals surface area contributed by atoms with Crippen molar-refractivity contribution in [3.8, 4) is 0 Å². The van der Waals surface area contributed by atoms with E-state index in [0.29, 0.717) is 5.56 Å². The highest BCUT2D eigenvalue weighted by Crippen LogP contribution is 2.21. The lowest BCUT2D eigenvalue weighted by molar-refractivity contribution is 0.183. The number of halogens is 2. The Kier molecular flexibility index (Phi) is 2.94. The van der Waals surface area contributed by atoms with Gasteiger partial charge in [-0.3, -0.25) is 0 Å². The Morgan fingerprint density at radius 2 is 1.92 bits per heavy atom. The number of hydrogen-bond donors (Lipinski definition) is 1. The average molecular weight is 170 g/mol. The molecule has 12 heavy (non-hydrogen) atoms. The van der Waals surface area contributed by atoms with Crippen LogP contribution in [0.3, 0.4) is 0 Å². The van der Waals surface area contributed by atoms with Crippen LogP contribution in [0.4, 0.5) is 8.78 Å². The Balaban J connectivity index is 2.86. The van der Waals surface area contributed by atoms with Crippen molar-refractivity contribution in [1.29, 1.82) is 0 Å². The summed E-state index contributed by atoms with van der Waals surface area (Å²) < 4.78 is 24.1. The zero-order valence-corrected chi connectivity index (χ0v) is 6.24. The molecule has 0 aromatic heterocycles. The Labute approximate surface area is 69.0 Å². The molecular weight excluding hydrogens is 162 g/mol. The number of aliphatic hydroxyl groups is 1. The van der Waals surface area contributed by atoms with Crippen molar-refractivity contribution in [1.82, 2.24) is 0 Å². The Morgan fingerprint density at radius 3 is 2.42 bits per heavy atom. The van der Waals surface area contributed by atoms with E-state index in [1.165, 1.54) is 12.1 Å². The summed E-state index contributed by atoms with van der Waals surface area (Å²) in [5, 5.41) is 9.11. The van der Waals surface area contributed by atoms with Gasteiger partial charge in [-0.25, -0.2) is 8.78 Å². The van der Waals surface area contributed by atoms with Gasteiger partial charge < -0.3 is 5.11 Å². The smallest absolute Gasteiger partial charge is 0.161 e. The van der Waals surface area contributed by atoms with Crippen LogP contribution < -0.4 is 0 Å². The Bertz CT molecular complexity index is 269. The molecular formula is C9H8F2O. The second-order valence-electron chi connectivity index (χ2n) is 2.31. The van der Waals surface area contributed by atoms with Gasteiger partial charge in [0.15, 0.2) is 5.83 Å². The van der Waals surface area contributed by atoms with E-state index in [2.05, 4.69) is 0 Å². The first-order valence-corrected chi connectivity index (χ1v) is 3.44. The first-order chi connectivity index (χ1) is 5.75. The van der Waals surface area contributed by atoms with E-state index >= 15 is 0 Å². The number of benzene rings is 1. The number of aliphatic hydroxyl groups excluding tert-OH is 1. The zero-order valence-electron chi connectivity index (χ0n) is 6.24. The maximum atomic E-state index is 12.4. The van der Waals surface area contributed by atoms with Gasteiger partial charge >= 0.3 is 0 Å². The molecule has 0 heterocycles. The fourth-order valence-corrected chi connectivity index (χ4v) is 0.854. The quantitative estimate of drug-likeness (QED) is 0.722. The summed E-state index contributed by atoms with van der Waals surface area (Å²) >= 11 is 0. The van der Waals surface area contributed by atoms with Gasteiger partial charge in [0.1, 0.15) is 12.4 Å². The van der Waals surface area contributed by atoms with Crippen LogP contribution >= 0.6 is 0 Å². The fourth-order valence-electron chi connectivity index (χ4n) is 0.854. The zero-order chi connectivity index (χ0) is 8.97. The first kappa shape index (κ1) is 8.87. The molecule has 0 fully saturated rings. The lowest BCUT2D eigenvalue weighted by Gasteiger charge is -2.06. The van der Waals surface area contributed by atoms with Crippen molar-refractivity contribution in [3.05, 3.63) is 48.1 Å². The van der Waals surface area contributed by atoms with Crippen LogP contribution in [-0.2, 0) is 0 Å². The Morgan fingerprint density at radius 1 is 1.33 bits per heavy atom. The number of rotatable bonds is 2. The molecule has 0 saturated heterocycles. The molecule has 0 radical (unpaired) electrons. The summed E-state index contributed by atoms with van der Waals surface area (Å²) in [6.45, 7) is 0. The second-order valence-corrected chi connectivity index (χ2v) is 2.31. The highest BCUT2D eigenvalue weighted by atomic mass is 19.2. The molecule has 0 unspecified atom stereocenters. The van der Waals surface area contributed by atoms with Crippen LogP contribution in [-0.4, -0.2) is 5.11 Å². The van der Waals surface area contributed by atoms with E-state index < -0.39 is 11.9 Å². The normalized spacial score (nSPS) is 14.4. The summed E-state index contributed by atoms with van der Waals surface area (Å²) in [6, 6.07) is 8.06. The maximum Gasteiger partial charge on any atom is 0.161 e. The molecule has 0 bridgehead atoms. The highest BCUT2D eigenvalue weighted by Gasteiger charge is 2.11. The van der Waals surface area contributed by atoms with Gasteiger partial charge in [0.05, 0.1) is 0 Å². The molecule has 0 aliphatic heterocycles. The average Bonchev–Trinajstić information content (AvgIpc) is 2.17. The van der Waals surface area contributed by atoms with E-state index in [0.717, 1.165) is 0 Å². The molecule has 1 N–H and O–H groups in total. The lowest BCUT2D eigenvalue weighted by atomic mass is 10.1. The highest BCUT2D eigenvalue weighted by molar-refractivity contribution is 5.22. The molecule has 64 valence electrons. The summed E-state index contributed by atoms with van der Waals surface area (Å²) in [5.41, 5.74) is 0.337. The van der Waals surface area contributed by atoms with Crippen LogP contribution in [0.15, 0.2) is 42.5 Å². The fraction of sp³-hybridized carbons (Fsp3) is 0.111. The first-order valence-electron chi connectivity index (χ1n) is 3.44. The molecule has 1 atom stereocenters. The van der Waals surface area contributed by atoms with Crippen LogP contribution in [0.5, 0.6) is 0 Å². The molecule has 0 amide bonds. The van der Waals surface area contributed by atoms with Crippen molar-refractivity contribution in [2.75, 3.05) is 0 Å². The van der Waals surface area contributed by atoms with Crippen molar-refractivity contribution < 1.29 is 13.9 Å². The molecule has 0 aliphatic rings. The van der Waals surface area contributed by atoms with E-state index in [4.69, 9.17) is 5.11 Å². The summed E-state index contributed by atoms with van der Waals surface area (Å²) in [4.78, 5) is 0. The molecule has 3 heteroatoms. The summed E-state index contributed by atoms with van der Waals surface area (Å²) in [6.07, 6.45) is -1.73. The van der Waals surface area contributed by atoms with Crippen LogP contribution in [0.2, 0.25) is 0 Å². The van der Waals surface area contributed by atoms with Gasteiger partial charge in [-0.1, -0.05) is 30.3 Å². The summed E-state index contributed by atoms with van der Waals surface area (Å²) in [7, 11) is 0. The maximum absolute atomic E-state index is 12.4. The SMILES string of the molecule is O[C@@H](/C(F)=C/F)c1ccccc1. The largest absolute Gasteiger partial charge is 0.381 e. The van der Waals surface area contributed by atoms with Crippen LogP contribution in [0, 0.1) is 0 Å².